The second-order valence-corrected chi connectivity index (χ2v) is 18.8. The molecular weight excluding hydrogens is 801 g/mol. The summed E-state index contributed by atoms with van der Waals surface area (Å²) in [5.41, 5.74) is 24.0. The first kappa shape index (κ1) is 36.0. The van der Waals surface area contributed by atoms with Gasteiger partial charge in [-0.15, -0.1) is 0 Å². The normalized spacial score (nSPS) is 13.4. The smallest absolute Gasteiger partial charge is 0.136 e. The summed E-state index contributed by atoms with van der Waals surface area (Å²) in [5, 5.41) is 7.27. The van der Waals surface area contributed by atoms with E-state index in [-0.39, 0.29) is 5.41 Å². The molecule has 15 rings (SSSR count). The van der Waals surface area contributed by atoms with Gasteiger partial charge in [0.1, 0.15) is 11.2 Å². The van der Waals surface area contributed by atoms with Crippen LogP contribution in [0.25, 0.3) is 133 Å². The van der Waals surface area contributed by atoms with Crippen molar-refractivity contribution in [3.63, 3.8) is 0 Å². The molecule has 0 saturated heterocycles. The predicted octanol–water partition coefficient (Wildman–Crippen LogP) is 17.1. The number of fused-ring (bicyclic) bond motifs is 17. The van der Waals surface area contributed by atoms with Crippen LogP contribution >= 0.6 is 0 Å². The zero-order valence-corrected chi connectivity index (χ0v) is 36.4. The Morgan fingerprint density at radius 1 is 0.348 bits per heavy atom. The SMILES string of the molecule is CC1(C)c2ccccc2-c2cc3c4cc(-c5cc6c7c(c5)c5ccccc5n7-c5c(cccc5-c5cccc7oc8ccccc8c57)-c5ccccc5-6)ccc4n(-c4ccccc4)c3cc21. The van der Waals surface area contributed by atoms with Crippen molar-refractivity contribution < 1.29 is 4.42 Å². The van der Waals surface area contributed by atoms with Crippen molar-refractivity contribution >= 4 is 65.6 Å². The van der Waals surface area contributed by atoms with Crippen molar-refractivity contribution in [2.75, 3.05) is 0 Å². The van der Waals surface area contributed by atoms with E-state index in [1.54, 1.807) is 0 Å². The second kappa shape index (κ2) is 12.9. The minimum atomic E-state index is -0.102. The summed E-state index contributed by atoms with van der Waals surface area (Å²) < 4.78 is 11.5. The fourth-order valence-electron chi connectivity index (χ4n) is 12.1. The second-order valence-electron chi connectivity index (χ2n) is 18.8. The molecule has 0 atom stereocenters. The topological polar surface area (TPSA) is 23.0 Å². The van der Waals surface area contributed by atoms with Crippen LogP contribution in [-0.2, 0) is 5.41 Å². The summed E-state index contributed by atoms with van der Waals surface area (Å²) in [7, 11) is 0. The molecular formula is C63H40N2O. The fraction of sp³-hybridized carbons (Fsp3) is 0.0476. The predicted molar refractivity (Wildman–Crippen MR) is 275 cm³/mol. The van der Waals surface area contributed by atoms with Gasteiger partial charge in [0.05, 0.1) is 27.8 Å². The molecule has 1 aliphatic heterocycles. The van der Waals surface area contributed by atoms with Crippen LogP contribution in [0, 0.1) is 0 Å². The number of rotatable bonds is 3. The van der Waals surface area contributed by atoms with E-state index >= 15 is 0 Å². The van der Waals surface area contributed by atoms with Gasteiger partial charge in [0.2, 0.25) is 0 Å². The van der Waals surface area contributed by atoms with Crippen LogP contribution in [0.5, 0.6) is 0 Å². The first-order chi connectivity index (χ1) is 32.5. The van der Waals surface area contributed by atoms with Gasteiger partial charge in [0.15, 0.2) is 0 Å². The molecule has 0 fully saturated rings. The third kappa shape index (κ3) is 4.66. The third-order valence-corrected chi connectivity index (χ3v) is 15.0. The molecule has 0 bridgehead atoms. The minimum Gasteiger partial charge on any atom is -0.456 e. The van der Waals surface area contributed by atoms with Crippen LogP contribution in [0.3, 0.4) is 0 Å². The highest BCUT2D eigenvalue weighted by Crippen LogP contribution is 2.53. The van der Waals surface area contributed by atoms with Gasteiger partial charge in [-0.1, -0.05) is 153 Å². The lowest BCUT2D eigenvalue weighted by atomic mass is 9.82. The van der Waals surface area contributed by atoms with Crippen molar-refractivity contribution in [1.29, 1.82) is 0 Å². The highest BCUT2D eigenvalue weighted by Gasteiger charge is 2.36. The maximum Gasteiger partial charge on any atom is 0.136 e. The largest absolute Gasteiger partial charge is 0.456 e. The van der Waals surface area contributed by atoms with Gasteiger partial charge >= 0.3 is 0 Å². The molecule has 3 nitrogen and oxygen atoms in total. The van der Waals surface area contributed by atoms with E-state index in [9.17, 15) is 0 Å². The number of para-hydroxylation sites is 4. The van der Waals surface area contributed by atoms with Gasteiger partial charge in [-0.3, -0.25) is 0 Å². The number of benzene rings is 10. The van der Waals surface area contributed by atoms with E-state index in [0.717, 1.165) is 21.9 Å². The Bertz CT molecular complexity index is 4250. The quantitative estimate of drug-likeness (QED) is 0.174. The van der Waals surface area contributed by atoms with Crippen LogP contribution in [0.4, 0.5) is 0 Å². The lowest BCUT2D eigenvalue weighted by Gasteiger charge is -2.21. The molecule has 0 unspecified atom stereocenters. The molecule has 1 aliphatic carbocycles. The van der Waals surface area contributed by atoms with Crippen molar-refractivity contribution in [2.45, 2.75) is 19.3 Å². The molecule has 10 aromatic carbocycles. The lowest BCUT2D eigenvalue weighted by molar-refractivity contribution is 0.661. The molecule has 0 N–H and O–H groups in total. The number of hydrogen-bond donors (Lipinski definition) is 0. The Morgan fingerprint density at radius 3 is 1.83 bits per heavy atom. The molecule has 0 amide bonds. The first-order valence-corrected chi connectivity index (χ1v) is 23.0. The number of hydrogen-bond acceptors (Lipinski definition) is 1. The van der Waals surface area contributed by atoms with Crippen LogP contribution in [-0.4, -0.2) is 9.13 Å². The van der Waals surface area contributed by atoms with Crippen molar-refractivity contribution in [3.05, 3.63) is 217 Å². The van der Waals surface area contributed by atoms with Crippen molar-refractivity contribution in [3.8, 4) is 67.0 Å². The highest BCUT2D eigenvalue weighted by molar-refractivity contribution is 6.20. The van der Waals surface area contributed by atoms with E-state index < -0.39 is 0 Å². The molecule has 0 spiro atoms. The van der Waals surface area contributed by atoms with E-state index in [1.807, 2.05) is 0 Å². The van der Waals surface area contributed by atoms with Gasteiger partial charge in [0.25, 0.3) is 0 Å². The van der Waals surface area contributed by atoms with E-state index in [1.165, 1.54) is 122 Å². The van der Waals surface area contributed by atoms with Crippen LogP contribution in [0.15, 0.2) is 211 Å². The summed E-state index contributed by atoms with van der Waals surface area (Å²) in [6.45, 7) is 4.75. The van der Waals surface area contributed by atoms with Gasteiger partial charge in [-0.25, -0.2) is 0 Å². The Morgan fingerprint density at radius 2 is 0.970 bits per heavy atom. The third-order valence-electron chi connectivity index (χ3n) is 15.0. The molecule has 0 radical (unpaired) electrons. The minimum absolute atomic E-state index is 0.102. The van der Waals surface area contributed by atoms with Gasteiger partial charge in [0, 0.05) is 60.1 Å². The molecule has 13 aromatic rings. The Hall–Kier alpha value is -8.40. The molecule has 66 heavy (non-hydrogen) atoms. The molecule has 3 aromatic heterocycles. The monoisotopic (exact) mass is 840 g/mol. The van der Waals surface area contributed by atoms with E-state index in [4.69, 9.17) is 4.42 Å². The Kier molecular flexibility index (Phi) is 7.02. The summed E-state index contributed by atoms with van der Waals surface area (Å²) >= 11 is 0. The van der Waals surface area contributed by atoms with E-state index in [2.05, 4.69) is 229 Å². The molecule has 308 valence electrons. The average Bonchev–Trinajstić information content (AvgIpc) is 4.05. The summed E-state index contributed by atoms with van der Waals surface area (Å²) in [6, 6.07) is 76.6. The van der Waals surface area contributed by atoms with Crippen LogP contribution in [0.2, 0.25) is 0 Å². The van der Waals surface area contributed by atoms with Crippen LogP contribution < -0.4 is 0 Å². The van der Waals surface area contributed by atoms with Crippen molar-refractivity contribution in [2.24, 2.45) is 0 Å². The van der Waals surface area contributed by atoms with Crippen molar-refractivity contribution in [1.82, 2.24) is 9.13 Å². The molecule has 3 heteroatoms. The molecule has 0 saturated carbocycles. The zero-order chi connectivity index (χ0) is 43.4. The van der Waals surface area contributed by atoms with Gasteiger partial charge in [-0.05, 0) is 117 Å². The fourth-order valence-corrected chi connectivity index (χ4v) is 12.1. The van der Waals surface area contributed by atoms with Gasteiger partial charge in [-0.2, -0.15) is 0 Å². The summed E-state index contributed by atoms with van der Waals surface area (Å²) in [4.78, 5) is 0. The van der Waals surface area contributed by atoms with Crippen LogP contribution in [0.1, 0.15) is 25.0 Å². The average molecular weight is 841 g/mol. The lowest BCUT2D eigenvalue weighted by Crippen LogP contribution is -2.14. The number of furan rings is 1. The highest BCUT2D eigenvalue weighted by atomic mass is 16.3. The standard InChI is InChI=1S/C63H40N2O/c1-63(2)53-26-11-8-20-42(53)48-35-50-49-32-37(30-31-56(49)64(57(50)36-54(48)63)39-16-4-3-5-17-39)38-33-51-41-19-7-6-18-40(41)45-24-14-25-46(44-23-15-29-59-60(44)47-22-10-13-28-58(47)66-59)61(45)65-55-27-12-9-21-43(55)52(34-38)62(51)65/h3-36H,1-2H3. The summed E-state index contributed by atoms with van der Waals surface area (Å²) in [6.07, 6.45) is 0. The maximum atomic E-state index is 6.47. The number of aromatic nitrogens is 2. The number of nitrogens with zero attached hydrogens (tertiary/aromatic N) is 2. The van der Waals surface area contributed by atoms with E-state index in [0.29, 0.717) is 0 Å². The maximum absolute atomic E-state index is 6.47. The molecule has 4 heterocycles. The zero-order valence-electron chi connectivity index (χ0n) is 36.4. The first-order valence-electron chi connectivity index (χ1n) is 23.0. The molecule has 2 aliphatic rings. The Balaban J connectivity index is 1.02. The Labute approximate surface area is 381 Å². The summed E-state index contributed by atoms with van der Waals surface area (Å²) in [5.74, 6) is 0. The van der Waals surface area contributed by atoms with Gasteiger partial charge < -0.3 is 13.6 Å².